The number of β-amino-alcohol motifs (C(OH)–C–C–N with tert-alkyl or cyclic N) is 1. The van der Waals surface area contributed by atoms with Crippen LogP contribution in [0.2, 0.25) is 0 Å². The Morgan fingerprint density at radius 2 is 1.85 bits per heavy atom. The van der Waals surface area contributed by atoms with E-state index < -0.39 is 5.60 Å². The van der Waals surface area contributed by atoms with Gasteiger partial charge in [0.05, 0.1) is 5.60 Å². The van der Waals surface area contributed by atoms with Gasteiger partial charge in [-0.15, -0.1) is 0 Å². The largest absolute Gasteiger partial charge is 0.388 e. The van der Waals surface area contributed by atoms with Gasteiger partial charge in [0.2, 0.25) is 0 Å². The first-order chi connectivity index (χ1) is 9.63. The molecule has 0 spiro atoms. The first-order valence-corrected chi connectivity index (χ1v) is 8.86. The van der Waals surface area contributed by atoms with Gasteiger partial charge in [-0.3, -0.25) is 4.90 Å². The van der Waals surface area contributed by atoms with Crippen LogP contribution in [-0.4, -0.2) is 46.7 Å². The van der Waals surface area contributed by atoms with Crippen molar-refractivity contribution in [2.45, 2.75) is 31.8 Å². The molecule has 2 nitrogen and oxygen atoms in total. The Morgan fingerprint density at radius 3 is 2.50 bits per heavy atom. The van der Waals surface area contributed by atoms with Crippen molar-refractivity contribution in [3.63, 3.8) is 0 Å². The minimum atomic E-state index is -0.403. The maximum atomic E-state index is 10.6. The monoisotopic (exact) mass is 291 g/mol. The van der Waals surface area contributed by atoms with Crippen molar-refractivity contribution in [3.05, 3.63) is 35.4 Å². The Labute approximate surface area is 126 Å². The fourth-order valence-corrected chi connectivity index (χ4v) is 4.57. The fraction of sp³-hybridized carbons (Fsp3) is 0.647. The second-order valence-corrected chi connectivity index (χ2v) is 7.81. The van der Waals surface area contributed by atoms with Crippen LogP contribution in [0.1, 0.15) is 24.0 Å². The molecule has 2 fully saturated rings. The molecule has 1 aromatic rings. The van der Waals surface area contributed by atoms with Crippen LogP contribution in [0.25, 0.3) is 0 Å². The predicted molar refractivity (Wildman–Crippen MR) is 86.3 cm³/mol. The predicted octanol–water partition coefficient (Wildman–Crippen LogP) is 2.73. The lowest BCUT2D eigenvalue weighted by molar-refractivity contribution is -0.0360. The van der Waals surface area contributed by atoms with Gasteiger partial charge in [0.1, 0.15) is 0 Å². The summed E-state index contributed by atoms with van der Waals surface area (Å²) in [5, 5.41) is 10.6. The van der Waals surface area contributed by atoms with Crippen LogP contribution in [-0.2, 0) is 6.42 Å². The summed E-state index contributed by atoms with van der Waals surface area (Å²) in [5.74, 6) is 3.02. The van der Waals surface area contributed by atoms with Crippen molar-refractivity contribution in [3.8, 4) is 0 Å². The molecule has 2 heterocycles. The number of rotatable bonds is 4. The van der Waals surface area contributed by atoms with E-state index in [9.17, 15) is 5.11 Å². The van der Waals surface area contributed by atoms with Gasteiger partial charge in [0.25, 0.3) is 0 Å². The van der Waals surface area contributed by atoms with Crippen molar-refractivity contribution < 1.29 is 5.11 Å². The van der Waals surface area contributed by atoms with Gasteiger partial charge in [-0.25, -0.2) is 0 Å². The molecule has 3 rings (SSSR count). The average molecular weight is 291 g/mol. The second kappa shape index (κ2) is 6.08. The minimum absolute atomic E-state index is 0.403. The lowest BCUT2D eigenvalue weighted by Crippen LogP contribution is -2.55. The molecule has 2 saturated heterocycles. The number of hydrogen-bond acceptors (Lipinski definition) is 3. The van der Waals surface area contributed by atoms with Crippen molar-refractivity contribution >= 4 is 11.8 Å². The molecule has 20 heavy (non-hydrogen) atoms. The van der Waals surface area contributed by atoms with Crippen LogP contribution in [0.4, 0.5) is 0 Å². The van der Waals surface area contributed by atoms with Crippen molar-refractivity contribution in [2.75, 3.05) is 31.1 Å². The SMILES string of the molecule is Cc1ccc(CC2CN(CC3(O)CCSCC3)C2)cc1. The molecule has 0 saturated carbocycles. The molecule has 3 heteroatoms. The summed E-state index contributed by atoms with van der Waals surface area (Å²) < 4.78 is 0. The Balaban J connectivity index is 1.43. The molecule has 2 aliphatic heterocycles. The van der Waals surface area contributed by atoms with Gasteiger partial charge in [-0.2, -0.15) is 11.8 Å². The summed E-state index contributed by atoms with van der Waals surface area (Å²) >= 11 is 1.97. The third kappa shape index (κ3) is 3.57. The molecular weight excluding hydrogens is 266 g/mol. The number of nitrogens with zero attached hydrogens (tertiary/aromatic N) is 1. The van der Waals surface area contributed by atoms with Gasteiger partial charge in [0.15, 0.2) is 0 Å². The van der Waals surface area contributed by atoms with Crippen molar-refractivity contribution in [2.24, 2.45) is 5.92 Å². The van der Waals surface area contributed by atoms with E-state index in [4.69, 9.17) is 0 Å². The highest BCUT2D eigenvalue weighted by Crippen LogP contribution is 2.30. The number of thioether (sulfide) groups is 1. The van der Waals surface area contributed by atoms with E-state index in [2.05, 4.69) is 36.1 Å². The topological polar surface area (TPSA) is 23.5 Å². The van der Waals surface area contributed by atoms with E-state index >= 15 is 0 Å². The summed E-state index contributed by atoms with van der Waals surface area (Å²) in [6.45, 7) is 5.34. The molecule has 1 N–H and O–H groups in total. The summed E-state index contributed by atoms with van der Waals surface area (Å²) in [7, 11) is 0. The van der Waals surface area contributed by atoms with Gasteiger partial charge >= 0.3 is 0 Å². The van der Waals surface area contributed by atoms with Gasteiger partial charge in [-0.1, -0.05) is 29.8 Å². The fourth-order valence-electron chi connectivity index (χ4n) is 3.32. The van der Waals surface area contributed by atoms with Gasteiger partial charge in [0, 0.05) is 19.6 Å². The van der Waals surface area contributed by atoms with E-state index in [0.29, 0.717) is 0 Å². The molecule has 0 aromatic heterocycles. The van der Waals surface area contributed by atoms with E-state index in [1.807, 2.05) is 11.8 Å². The number of hydrogen-bond donors (Lipinski definition) is 1. The molecule has 2 aliphatic rings. The number of likely N-dealkylation sites (tertiary alicyclic amines) is 1. The molecule has 0 amide bonds. The summed E-state index contributed by atoms with van der Waals surface area (Å²) in [6, 6.07) is 8.91. The average Bonchev–Trinajstić information content (AvgIpc) is 2.39. The highest BCUT2D eigenvalue weighted by Gasteiger charge is 2.36. The van der Waals surface area contributed by atoms with Crippen molar-refractivity contribution in [1.82, 2.24) is 4.90 Å². The Hall–Kier alpha value is -0.510. The Bertz CT molecular complexity index is 433. The normalized spacial score (nSPS) is 23.5. The highest BCUT2D eigenvalue weighted by atomic mass is 32.2. The molecule has 0 bridgehead atoms. The third-order valence-corrected chi connectivity index (χ3v) is 5.60. The first-order valence-electron chi connectivity index (χ1n) is 7.71. The van der Waals surface area contributed by atoms with Crippen LogP contribution in [0.15, 0.2) is 24.3 Å². The maximum Gasteiger partial charge on any atom is 0.0789 e. The first kappa shape index (κ1) is 14.4. The Kier molecular flexibility index (Phi) is 4.39. The molecule has 1 aromatic carbocycles. The zero-order chi connectivity index (χ0) is 14.0. The Morgan fingerprint density at radius 1 is 1.20 bits per heavy atom. The smallest absolute Gasteiger partial charge is 0.0789 e. The van der Waals surface area contributed by atoms with E-state index in [1.165, 1.54) is 17.5 Å². The molecule has 110 valence electrons. The third-order valence-electron chi connectivity index (χ3n) is 4.62. The van der Waals surface area contributed by atoms with Crippen LogP contribution in [0, 0.1) is 12.8 Å². The van der Waals surface area contributed by atoms with Crippen LogP contribution >= 0.6 is 11.8 Å². The molecular formula is C17H25NOS. The standard InChI is InChI=1S/C17H25NOS/c1-14-2-4-15(5-3-14)10-16-11-18(12-16)13-17(19)6-8-20-9-7-17/h2-5,16,19H,6-13H2,1H3. The summed E-state index contributed by atoms with van der Waals surface area (Å²) in [6.07, 6.45) is 3.12. The van der Waals surface area contributed by atoms with E-state index in [-0.39, 0.29) is 0 Å². The lowest BCUT2D eigenvalue weighted by atomic mass is 9.88. The minimum Gasteiger partial charge on any atom is -0.388 e. The maximum absolute atomic E-state index is 10.6. The lowest BCUT2D eigenvalue weighted by Gasteiger charge is -2.45. The number of benzene rings is 1. The quantitative estimate of drug-likeness (QED) is 0.923. The van der Waals surface area contributed by atoms with E-state index in [0.717, 1.165) is 49.9 Å². The van der Waals surface area contributed by atoms with Crippen LogP contribution in [0.5, 0.6) is 0 Å². The van der Waals surface area contributed by atoms with Crippen molar-refractivity contribution in [1.29, 1.82) is 0 Å². The van der Waals surface area contributed by atoms with Crippen LogP contribution in [0.3, 0.4) is 0 Å². The van der Waals surface area contributed by atoms with E-state index in [1.54, 1.807) is 0 Å². The van der Waals surface area contributed by atoms with Crippen LogP contribution < -0.4 is 0 Å². The molecule has 0 aliphatic carbocycles. The molecule has 0 radical (unpaired) electrons. The van der Waals surface area contributed by atoms with Gasteiger partial charge in [-0.05, 0) is 49.2 Å². The zero-order valence-corrected chi connectivity index (χ0v) is 13.2. The molecule has 0 unspecified atom stereocenters. The summed E-state index contributed by atoms with van der Waals surface area (Å²) in [5.41, 5.74) is 2.38. The number of aliphatic hydroxyl groups is 1. The highest BCUT2D eigenvalue weighted by molar-refractivity contribution is 7.99. The van der Waals surface area contributed by atoms with Gasteiger partial charge < -0.3 is 5.11 Å². The summed E-state index contributed by atoms with van der Waals surface area (Å²) in [4.78, 5) is 2.44. The number of aryl methyl sites for hydroxylation is 1. The molecule has 0 atom stereocenters. The zero-order valence-electron chi connectivity index (χ0n) is 12.3. The second-order valence-electron chi connectivity index (χ2n) is 6.59.